The molecular weight excluding hydrogens is 288 g/mol. The number of benzene rings is 2. The highest BCUT2D eigenvalue weighted by Crippen LogP contribution is 2.39. The van der Waals surface area contributed by atoms with Crippen LogP contribution in [-0.4, -0.2) is 33.5 Å². The van der Waals surface area contributed by atoms with E-state index in [0.29, 0.717) is 32.3 Å². The summed E-state index contributed by atoms with van der Waals surface area (Å²) < 4.78 is 16.4. The lowest BCUT2D eigenvalue weighted by Crippen LogP contribution is -2.10. The van der Waals surface area contributed by atoms with Crippen molar-refractivity contribution in [3.8, 4) is 5.75 Å². The third-order valence-corrected chi connectivity index (χ3v) is 4.63. The lowest BCUT2D eigenvalue weighted by atomic mass is 9.92. The first-order chi connectivity index (χ1) is 11.4. The fraction of sp³-hybridized carbons (Fsp3) is 0.500. The summed E-state index contributed by atoms with van der Waals surface area (Å²) in [6.07, 6.45) is 5.35. The molecule has 1 saturated carbocycles. The summed E-state index contributed by atoms with van der Waals surface area (Å²) >= 11 is 0. The minimum absolute atomic E-state index is 0.566. The zero-order valence-electron chi connectivity index (χ0n) is 13.9. The van der Waals surface area contributed by atoms with E-state index in [0.717, 1.165) is 5.75 Å². The van der Waals surface area contributed by atoms with Crippen LogP contribution in [0.15, 0.2) is 36.4 Å². The van der Waals surface area contributed by atoms with Gasteiger partial charge in [0.1, 0.15) is 12.4 Å². The number of hydrogen-bond donors (Lipinski definition) is 0. The van der Waals surface area contributed by atoms with Crippen molar-refractivity contribution in [2.24, 2.45) is 0 Å². The molecule has 124 valence electrons. The summed E-state index contributed by atoms with van der Waals surface area (Å²) in [6, 6.07) is 13.0. The first kappa shape index (κ1) is 16.3. The predicted octanol–water partition coefficient (Wildman–Crippen LogP) is 4.54. The maximum atomic E-state index is 5.95. The van der Waals surface area contributed by atoms with Gasteiger partial charge in [-0.2, -0.15) is 0 Å². The molecule has 0 aromatic heterocycles. The fourth-order valence-electron chi connectivity index (χ4n) is 3.47. The normalized spacial score (nSPS) is 15.3. The van der Waals surface area contributed by atoms with Gasteiger partial charge < -0.3 is 14.2 Å². The smallest absolute Gasteiger partial charge is 0.127 e. The second-order valence-corrected chi connectivity index (χ2v) is 6.13. The maximum absolute atomic E-state index is 5.95. The van der Waals surface area contributed by atoms with Crippen molar-refractivity contribution in [2.75, 3.05) is 33.5 Å². The Hall–Kier alpha value is -1.58. The molecule has 3 heteroatoms. The molecule has 0 aliphatic heterocycles. The highest BCUT2D eigenvalue weighted by atomic mass is 16.5. The second-order valence-electron chi connectivity index (χ2n) is 6.13. The van der Waals surface area contributed by atoms with Gasteiger partial charge in [0.05, 0.1) is 19.8 Å². The van der Waals surface area contributed by atoms with E-state index in [2.05, 4.69) is 36.4 Å². The van der Waals surface area contributed by atoms with Crippen LogP contribution in [0.1, 0.15) is 37.2 Å². The van der Waals surface area contributed by atoms with Crippen LogP contribution in [-0.2, 0) is 9.47 Å². The maximum Gasteiger partial charge on any atom is 0.127 e. The Labute approximate surface area is 138 Å². The van der Waals surface area contributed by atoms with Gasteiger partial charge in [0, 0.05) is 12.5 Å². The molecule has 3 rings (SSSR count). The van der Waals surface area contributed by atoms with Gasteiger partial charge in [-0.1, -0.05) is 43.2 Å². The Morgan fingerprint density at radius 1 is 0.870 bits per heavy atom. The minimum atomic E-state index is 0.566. The van der Waals surface area contributed by atoms with Gasteiger partial charge in [0.2, 0.25) is 0 Å². The molecule has 2 aromatic rings. The molecule has 1 fully saturated rings. The molecule has 0 saturated heterocycles. The number of hydrogen-bond acceptors (Lipinski definition) is 3. The van der Waals surface area contributed by atoms with Gasteiger partial charge in [0.25, 0.3) is 0 Å². The molecule has 0 amide bonds. The van der Waals surface area contributed by atoms with Gasteiger partial charge in [-0.05, 0) is 35.8 Å². The zero-order valence-corrected chi connectivity index (χ0v) is 13.9. The highest BCUT2D eigenvalue weighted by Gasteiger charge is 2.19. The zero-order chi connectivity index (χ0) is 15.9. The molecule has 0 spiro atoms. The molecule has 0 radical (unpaired) electrons. The molecule has 2 aromatic carbocycles. The average Bonchev–Trinajstić information content (AvgIpc) is 3.12. The molecule has 1 aliphatic rings. The van der Waals surface area contributed by atoms with Crippen LogP contribution in [0.2, 0.25) is 0 Å². The minimum Gasteiger partial charge on any atom is -0.491 e. The molecule has 3 nitrogen and oxygen atoms in total. The van der Waals surface area contributed by atoms with E-state index >= 15 is 0 Å². The van der Waals surface area contributed by atoms with E-state index in [1.807, 2.05) is 0 Å². The van der Waals surface area contributed by atoms with Crippen LogP contribution in [0.5, 0.6) is 5.75 Å². The number of methoxy groups -OCH3 is 1. The van der Waals surface area contributed by atoms with Crippen molar-refractivity contribution in [1.29, 1.82) is 0 Å². The Morgan fingerprint density at radius 3 is 2.39 bits per heavy atom. The molecule has 1 aliphatic carbocycles. The van der Waals surface area contributed by atoms with Gasteiger partial charge in [-0.3, -0.25) is 0 Å². The first-order valence-electron chi connectivity index (χ1n) is 8.61. The van der Waals surface area contributed by atoms with E-state index in [9.17, 15) is 0 Å². The van der Waals surface area contributed by atoms with Crippen LogP contribution in [0.3, 0.4) is 0 Å². The van der Waals surface area contributed by atoms with E-state index in [4.69, 9.17) is 14.2 Å². The molecule has 0 heterocycles. The summed E-state index contributed by atoms with van der Waals surface area (Å²) in [6.45, 7) is 2.39. The summed E-state index contributed by atoms with van der Waals surface area (Å²) in [5.41, 5.74) is 1.49. The lowest BCUT2D eigenvalue weighted by molar-refractivity contribution is 0.0547. The van der Waals surface area contributed by atoms with Crippen molar-refractivity contribution in [2.45, 2.75) is 31.6 Å². The molecule has 0 bridgehead atoms. The summed E-state index contributed by atoms with van der Waals surface area (Å²) in [5.74, 6) is 1.67. The topological polar surface area (TPSA) is 27.7 Å². The van der Waals surface area contributed by atoms with Crippen LogP contribution in [0.4, 0.5) is 0 Å². The molecule has 0 N–H and O–H groups in total. The van der Waals surface area contributed by atoms with Crippen molar-refractivity contribution in [3.05, 3.63) is 42.0 Å². The summed E-state index contributed by atoms with van der Waals surface area (Å²) in [5, 5.41) is 2.56. The monoisotopic (exact) mass is 314 g/mol. The first-order valence-corrected chi connectivity index (χ1v) is 8.61. The Kier molecular flexibility index (Phi) is 5.89. The van der Waals surface area contributed by atoms with Crippen molar-refractivity contribution >= 4 is 10.8 Å². The highest BCUT2D eigenvalue weighted by molar-refractivity contribution is 5.91. The largest absolute Gasteiger partial charge is 0.491 e. The number of rotatable bonds is 8. The van der Waals surface area contributed by atoms with Crippen LogP contribution in [0, 0.1) is 0 Å². The molecule has 0 unspecified atom stereocenters. The van der Waals surface area contributed by atoms with Gasteiger partial charge >= 0.3 is 0 Å². The summed E-state index contributed by atoms with van der Waals surface area (Å²) in [4.78, 5) is 0. The third-order valence-electron chi connectivity index (χ3n) is 4.63. The van der Waals surface area contributed by atoms with Crippen LogP contribution in [0.25, 0.3) is 10.8 Å². The lowest BCUT2D eigenvalue weighted by Gasteiger charge is -2.16. The molecule has 23 heavy (non-hydrogen) atoms. The average molecular weight is 314 g/mol. The second kappa shape index (κ2) is 8.32. The predicted molar refractivity (Wildman–Crippen MR) is 93.3 cm³/mol. The number of fused-ring (bicyclic) bond motifs is 1. The van der Waals surface area contributed by atoms with Gasteiger partial charge in [-0.15, -0.1) is 0 Å². The third kappa shape index (κ3) is 4.04. The fourth-order valence-corrected chi connectivity index (χ4v) is 3.47. The standard InChI is InChI=1S/C20H26O3/c1-21-12-13-22-14-15-23-20-11-10-17(16-6-2-3-7-16)18-8-4-5-9-19(18)20/h4-5,8-11,16H,2-3,6-7,12-15H2,1H3. The van der Waals surface area contributed by atoms with E-state index in [1.54, 1.807) is 7.11 Å². The number of ether oxygens (including phenoxy) is 3. The SMILES string of the molecule is COCCOCCOc1ccc(C2CCCC2)c2ccccc12. The van der Waals surface area contributed by atoms with Gasteiger partial charge in [0.15, 0.2) is 0 Å². The Balaban J connectivity index is 1.70. The van der Waals surface area contributed by atoms with Crippen molar-refractivity contribution < 1.29 is 14.2 Å². The summed E-state index contributed by atoms with van der Waals surface area (Å²) in [7, 11) is 1.68. The van der Waals surface area contributed by atoms with E-state index < -0.39 is 0 Å². The van der Waals surface area contributed by atoms with Crippen LogP contribution >= 0.6 is 0 Å². The molecular formula is C20H26O3. The Bertz CT molecular complexity index is 617. The van der Waals surface area contributed by atoms with Crippen LogP contribution < -0.4 is 4.74 Å². The van der Waals surface area contributed by atoms with E-state index in [-0.39, 0.29) is 0 Å². The molecule has 0 atom stereocenters. The van der Waals surface area contributed by atoms with Crippen molar-refractivity contribution in [3.63, 3.8) is 0 Å². The quantitative estimate of drug-likeness (QED) is 0.670. The Morgan fingerprint density at radius 2 is 1.61 bits per heavy atom. The van der Waals surface area contributed by atoms with Crippen molar-refractivity contribution in [1.82, 2.24) is 0 Å². The van der Waals surface area contributed by atoms with Gasteiger partial charge in [-0.25, -0.2) is 0 Å². The van der Waals surface area contributed by atoms with E-state index in [1.165, 1.54) is 42.0 Å².